The zero-order valence-corrected chi connectivity index (χ0v) is 11.6. The third-order valence-corrected chi connectivity index (χ3v) is 3.34. The van der Waals surface area contributed by atoms with Crippen molar-refractivity contribution in [2.24, 2.45) is 0 Å². The second kappa shape index (κ2) is 5.87. The minimum atomic E-state index is 0.506. The Labute approximate surface area is 119 Å². The predicted molar refractivity (Wildman–Crippen MR) is 72.1 cm³/mol. The Kier molecular flexibility index (Phi) is 3.78. The number of thioether (sulfide) groups is 1. The minimum absolute atomic E-state index is 0.506. The van der Waals surface area contributed by atoms with E-state index in [4.69, 9.17) is 8.83 Å². The van der Waals surface area contributed by atoms with Crippen molar-refractivity contribution in [1.82, 2.24) is 20.4 Å². The average molecular weight is 288 g/mol. The number of hydrogen-bond donors (Lipinski definition) is 0. The van der Waals surface area contributed by atoms with E-state index in [0.717, 1.165) is 5.56 Å². The summed E-state index contributed by atoms with van der Waals surface area (Å²) in [5.74, 6) is 2.22. The summed E-state index contributed by atoms with van der Waals surface area (Å²) in [6, 6.07) is 10.00. The van der Waals surface area contributed by atoms with Crippen LogP contribution in [-0.4, -0.2) is 20.4 Å². The van der Waals surface area contributed by atoms with Crippen molar-refractivity contribution in [1.29, 1.82) is 0 Å². The summed E-state index contributed by atoms with van der Waals surface area (Å²) >= 11 is 1.38. The Balaban J connectivity index is 1.59. The summed E-state index contributed by atoms with van der Waals surface area (Å²) in [4.78, 5) is 0. The Hall–Kier alpha value is -2.15. The standard InChI is InChI=1S/C13H12N4O2S/c1-9-14-16-12(18-9)8-20-13-17-15-11(19-13)7-10-5-3-2-4-6-10/h2-6H,7-8H2,1H3. The molecule has 0 bridgehead atoms. The van der Waals surface area contributed by atoms with E-state index in [-0.39, 0.29) is 0 Å². The lowest BCUT2D eigenvalue weighted by molar-refractivity contribution is 0.419. The van der Waals surface area contributed by atoms with Crippen molar-refractivity contribution in [2.45, 2.75) is 24.3 Å². The average Bonchev–Trinajstić information content (AvgIpc) is 3.07. The number of aromatic nitrogens is 4. The maximum atomic E-state index is 5.57. The van der Waals surface area contributed by atoms with Gasteiger partial charge in [-0.05, 0) is 5.56 Å². The van der Waals surface area contributed by atoms with Gasteiger partial charge in [0, 0.05) is 6.92 Å². The van der Waals surface area contributed by atoms with Gasteiger partial charge >= 0.3 is 0 Å². The smallest absolute Gasteiger partial charge is 0.277 e. The molecule has 0 atom stereocenters. The number of rotatable bonds is 5. The van der Waals surface area contributed by atoms with Gasteiger partial charge in [-0.15, -0.1) is 20.4 Å². The Bertz CT molecular complexity index is 681. The zero-order valence-electron chi connectivity index (χ0n) is 10.8. The molecule has 0 N–H and O–H groups in total. The van der Waals surface area contributed by atoms with E-state index in [1.54, 1.807) is 6.92 Å². The van der Waals surface area contributed by atoms with Crippen LogP contribution in [0.2, 0.25) is 0 Å². The third-order valence-electron chi connectivity index (χ3n) is 2.53. The number of hydrogen-bond acceptors (Lipinski definition) is 7. The fourth-order valence-electron chi connectivity index (χ4n) is 1.66. The molecule has 102 valence electrons. The first-order valence-electron chi connectivity index (χ1n) is 6.08. The summed E-state index contributed by atoms with van der Waals surface area (Å²) in [5.41, 5.74) is 1.14. The highest BCUT2D eigenvalue weighted by Gasteiger charge is 2.10. The zero-order chi connectivity index (χ0) is 13.8. The molecule has 0 spiro atoms. The molecule has 0 saturated heterocycles. The first-order chi connectivity index (χ1) is 9.79. The molecule has 3 aromatic rings. The van der Waals surface area contributed by atoms with Gasteiger partial charge in [0.1, 0.15) is 0 Å². The highest BCUT2D eigenvalue weighted by atomic mass is 32.2. The van der Waals surface area contributed by atoms with Gasteiger partial charge in [-0.25, -0.2) is 0 Å². The van der Waals surface area contributed by atoms with Gasteiger partial charge in [0.25, 0.3) is 5.22 Å². The maximum absolute atomic E-state index is 5.57. The van der Waals surface area contributed by atoms with E-state index < -0.39 is 0 Å². The van der Waals surface area contributed by atoms with Gasteiger partial charge < -0.3 is 8.83 Å². The van der Waals surface area contributed by atoms with Crippen LogP contribution in [0.5, 0.6) is 0 Å². The molecule has 3 rings (SSSR count). The van der Waals surface area contributed by atoms with E-state index in [0.29, 0.717) is 35.1 Å². The molecule has 20 heavy (non-hydrogen) atoms. The van der Waals surface area contributed by atoms with Gasteiger partial charge in [0.05, 0.1) is 12.2 Å². The summed E-state index contributed by atoms with van der Waals surface area (Å²) in [5, 5.41) is 16.2. The van der Waals surface area contributed by atoms with Crippen LogP contribution in [0, 0.1) is 6.92 Å². The lowest BCUT2D eigenvalue weighted by Crippen LogP contribution is -1.87. The fourth-order valence-corrected chi connectivity index (χ4v) is 2.28. The summed E-state index contributed by atoms with van der Waals surface area (Å²) in [6.07, 6.45) is 0.633. The molecule has 0 aliphatic carbocycles. The van der Waals surface area contributed by atoms with E-state index >= 15 is 0 Å². The van der Waals surface area contributed by atoms with Crippen molar-refractivity contribution in [2.75, 3.05) is 0 Å². The van der Waals surface area contributed by atoms with E-state index in [1.165, 1.54) is 11.8 Å². The second-order valence-corrected chi connectivity index (χ2v) is 5.05. The van der Waals surface area contributed by atoms with Gasteiger partial charge in [0.15, 0.2) is 0 Å². The summed E-state index contributed by atoms with van der Waals surface area (Å²) in [6.45, 7) is 1.76. The van der Waals surface area contributed by atoms with Gasteiger partial charge in [-0.3, -0.25) is 0 Å². The molecule has 0 radical (unpaired) electrons. The topological polar surface area (TPSA) is 77.8 Å². The van der Waals surface area contributed by atoms with Crippen LogP contribution >= 0.6 is 11.8 Å². The van der Waals surface area contributed by atoms with Crippen molar-refractivity contribution < 1.29 is 8.83 Å². The lowest BCUT2D eigenvalue weighted by atomic mass is 10.2. The first-order valence-corrected chi connectivity index (χ1v) is 7.06. The molecule has 0 aliphatic rings. The maximum Gasteiger partial charge on any atom is 0.277 e. The van der Waals surface area contributed by atoms with E-state index in [9.17, 15) is 0 Å². The third kappa shape index (κ3) is 3.24. The van der Waals surface area contributed by atoms with Crippen molar-refractivity contribution in [3.05, 3.63) is 53.6 Å². The molecule has 0 amide bonds. The SMILES string of the molecule is Cc1nnc(CSc2nnc(Cc3ccccc3)o2)o1. The van der Waals surface area contributed by atoms with Crippen LogP contribution in [0.25, 0.3) is 0 Å². The number of nitrogens with zero attached hydrogens (tertiary/aromatic N) is 4. The monoisotopic (exact) mass is 288 g/mol. The van der Waals surface area contributed by atoms with Crippen LogP contribution in [0.1, 0.15) is 23.2 Å². The number of aryl methyl sites for hydroxylation is 1. The lowest BCUT2D eigenvalue weighted by Gasteiger charge is -1.94. The summed E-state index contributed by atoms with van der Waals surface area (Å²) < 4.78 is 10.8. The van der Waals surface area contributed by atoms with Crippen LogP contribution in [0.4, 0.5) is 0 Å². The predicted octanol–water partition coefficient (Wildman–Crippen LogP) is 2.64. The van der Waals surface area contributed by atoms with Gasteiger partial charge in [0.2, 0.25) is 17.7 Å². The molecule has 1 aromatic carbocycles. The number of benzene rings is 1. The molecule has 6 nitrogen and oxygen atoms in total. The fraction of sp³-hybridized carbons (Fsp3) is 0.231. The molecule has 0 fully saturated rings. The molecular formula is C13H12N4O2S. The normalized spacial score (nSPS) is 10.8. The van der Waals surface area contributed by atoms with Crippen LogP contribution in [0.15, 0.2) is 44.4 Å². The van der Waals surface area contributed by atoms with E-state index in [1.807, 2.05) is 30.3 Å². The minimum Gasteiger partial charge on any atom is -0.425 e. The van der Waals surface area contributed by atoms with Gasteiger partial charge in [-0.1, -0.05) is 42.1 Å². The quantitative estimate of drug-likeness (QED) is 0.668. The largest absolute Gasteiger partial charge is 0.425 e. The van der Waals surface area contributed by atoms with Crippen molar-refractivity contribution in [3.63, 3.8) is 0 Å². The van der Waals surface area contributed by atoms with Gasteiger partial charge in [-0.2, -0.15) is 0 Å². The van der Waals surface area contributed by atoms with Crippen molar-refractivity contribution in [3.8, 4) is 0 Å². The highest BCUT2D eigenvalue weighted by molar-refractivity contribution is 7.98. The molecule has 0 aliphatic heterocycles. The van der Waals surface area contributed by atoms with Crippen LogP contribution < -0.4 is 0 Å². The summed E-state index contributed by atoms with van der Waals surface area (Å²) in [7, 11) is 0. The molecule has 0 unspecified atom stereocenters. The molecule has 2 heterocycles. The molecule has 0 saturated carbocycles. The van der Waals surface area contributed by atoms with E-state index in [2.05, 4.69) is 20.4 Å². The first kappa shape index (κ1) is 12.9. The highest BCUT2D eigenvalue weighted by Crippen LogP contribution is 2.21. The van der Waals surface area contributed by atoms with Crippen LogP contribution in [-0.2, 0) is 12.2 Å². The Morgan fingerprint density at radius 3 is 2.50 bits per heavy atom. The molecular weight excluding hydrogens is 276 g/mol. The second-order valence-electron chi connectivity index (χ2n) is 4.13. The Morgan fingerprint density at radius 1 is 0.950 bits per heavy atom. The molecule has 7 heteroatoms. The van der Waals surface area contributed by atoms with Crippen molar-refractivity contribution >= 4 is 11.8 Å². The Morgan fingerprint density at radius 2 is 1.75 bits per heavy atom. The van der Waals surface area contributed by atoms with Crippen LogP contribution in [0.3, 0.4) is 0 Å². The molecule has 2 aromatic heterocycles.